The van der Waals surface area contributed by atoms with Crippen molar-refractivity contribution in [2.45, 2.75) is 38.4 Å². The van der Waals surface area contributed by atoms with Gasteiger partial charge in [0.2, 0.25) is 0 Å². The third-order valence-electron chi connectivity index (χ3n) is 5.47. The molecular formula is C22H27N3O3. The molecule has 6 heteroatoms. The van der Waals surface area contributed by atoms with E-state index in [1.54, 1.807) is 6.20 Å². The standard InChI is InChI=1S/C22H27N3O3/c1-16(2)17-3-5-18(6-4-17)24-19-7-10-23-20(15-19)21(26)25-11-8-22(9-12-25)27-13-14-28-22/h3-7,10,15-16H,8-9,11-14H2,1-2H3,(H,23,24). The summed E-state index contributed by atoms with van der Waals surface area (Å²) in [6.45, 7) is 6.87. The van der Waals surface area contributed by atoms with Crippen molar-refractivity contribution in [1.29, 1.82) is 0 Å². The molecule has 0 saturated carbocycles. The third kappa shape index (κ3) is 4.03. The van der Waals surface area contributed by atoms with Crippen LogP contribution in [0.25, 0.3) is 0 Å². The average molecular weight is 381 g/mol. The quantitative estimate of drug-likeness (QED) is 0.869. The van der Waals surface area contributed by atoms with Gasteiger partial charge in [0.05, 0.1) is 13.2 Å². The van der Waals surface area contributed by atoms with E-state index >= 15 is 0 Å². The molecule has 0 aliphatic carbocycles. The molecule has 2 saturated heterocycles. The van der Waals surface area contributed by atoms with Crippen LogP contribution in [0.4, 0.5) is 11.4 Å². The Labute approximate surface area is 165 Å². The van der Waals surface area contributed by atoms with Crippen molar-refractivity contribution in [2.24, 2.45) is 0 Å². The number of pyridine rings is 1. The van der Waals surface area contributed by atoms with Crippen LogP contribution in [0.5, 0.6) is 0 Å². The minimum atomic E-state index is -0.476. The highest BCUT2D eigenvalue weighted by atomic mass is 16.7. The molecule has 28 heavy (non-hydrogen) atoms. The van der Waals surface area contributed by atoms with E-state index in [1.165, 1.54) is 5.56 Å². The number of carbonyl (C=O) groups excluding carboxylic acids is 1. The fourth-order valence-corrected chi connectivity index (χ4v) is 3.74. The number of carbonyl (C=O) groups is 1. The number of anilines is 2. The van der Waals surface area contributed by atoms with Gasteiger partial charge >= 0.3 is 0 Å². The van der Waals surface area contributed by atoms with Crippen LogP contribution in [-0.2, 0) is 9.47 Å². The van der Waals surface area contributed by atoms with Gasteiger partial charge in [-0.3, -0.25) is 9.78 Å². The van der Waals surface area contributed by atoms with Crippen LogP contribution in [0, 0.1) is 0 Å². The molecule has 4 rings (SSSR count). The molecule has 2 aliphatic rings. The van der Waals surface area contributed by atoms with E-state index in [0.29, 0.717) is 50.8 Å². The highest BCUT2D eigenvalue weighted by molar-refractivity contribution is 5.93. The van der Waals surface area contributed by atoms with Gasteiger partial charge in [-0.25, -0.2) is 0 Å². The third-order valence-corrected chi connectivity index (χ3v) is 5.47. The molecule has 1 N–H and O–H groups in total. The first-order chi connectivity index (χ1) is 13.5. The number of hydrogen-bond donors (Lipinski definition) is 1. The SMILES string of the molecule is CC(C)c1ccc(Nc2ccnc(C(=O)N3CCC4(CC3)OCCO4)c2)cc1. The van der Waals surface area contributed by atoms with Crippen LogP contribution in [0.15, 0.2) is 42.6 Å². The van der Waals surface area contributed by atoms with Crippen LogP contribution in [0.2, 0.25) is 0 Å². The number of nitrogens with zero attached hydrogens (tertiary/aromatic N) is 2. The highest BCUT2D eigenvalue weighted by Crippen LogP contribution is 2.31. The summed E-state index contributed by atoms with van der Waals surface area (Å²) in [7, 11) is 0. The molecular weight excluding hydrogens is 354 g/mol. The van der Waals surface area contributed by atoms with Crippen LogP contribution in [-0.4, -0.2) is 47.9 Å². The van der Waals surface area contributed by atoms with E-state index in [0.717, 1.165) is 11.4 Å². The van der Waals surface area contributed by atoms with Gasteiger partial charge in [0.25, 0.3) is 5.91 Å². The Morgan fingerprint density at radius 2 is 1.75 bits per heavy atom. The summed E-state index contributed by atoms with van der Waals surface area (Å²) in [5.41, 5.74) is 3.60. The average Bonchev–Trinajstić information content (AvgIpc) is 3.16. The predicted molar refractivity (Wildman–Crippen MR) is 108 cm³/mol. The van der Waals surface area contributed by atoms with Crippen LogP contribution < -0.4 is 5.32 Å². The van der Waals surface area contributed by atoms with Gasteiger partial charge in [-0.15, -0.1) is 0 Å². The molecule has 1 aromatic carbocycles. The van der Waals surface area contributed by atoms with E-state index in [9.17, 15) is 4.79 Å². The summed E-state index contributed by atoms with van der Waals surface area (Å²) in [6, 6.07) is 12.0. The Hall–Kier alpha value is -2.44. The Bertz CT molecular complexity index is 819. The lowest BCUT2D eigenvalue weighted by Gasteiger charge is -2.37. The lowest BCUT2D eigenvalue weighted by Crippen LogP contribution is -2.47. The smallest absolute Gasteiger partial charge is 0.272 e. The first kappa shape index (κ1) is 18.9. The second-order valence-corrected chi connectivity index (χ2v) is 7.73. The van der Waals surface area contributed by atoms with Crippen molar-refractivity contribution < 1.29 is 14.3 Å². The normalized spacial score (nSPS) is 18.6. The summed E-state index contributed by atoms with van der Waals surface area (Å²) < 4.78 is 11.5. The van der Waals surface area contributed by atoms with Crippen LogP contribution in [0.3, 0.4) is 0 Å². The highest BCUT2D eigenvalue weighted by Gasteiger charge is 2.41. The summed E-state index contributed by atoms with van der Waals surface area (Å²) >= 11 is 0. The van der Waals surface area contributed by atoms with Crippen molar-refractivity contribution in [3.63, 3.8) is 0 Å². The number of benzene rings is 1. The fourth-order valence-electron chi connectivity index (χ4n) is 3.74. The number of nitrogens with one attached hydrogen (secondary N) is 1. The molecule has 1 amide bonds. The molecule has 0 radical (unpaired) electrons. The Kier molecular flexibility index (Phi) is 5.33. The van der Waals surface area contributed by atoms with Gasteiger partial charge in [-0.05, 0) is 35.7 Å². The lowest BCUT2D eigenvalue weighted by atomic mass is 10.0. The van der Waals surface area contributed by atoms with Crippen molar-refractivity contribution in [2.75, 3.05) is 31.6 Å². The zero-order chi connectivity index (χ0) is 19.6. The number of hydrogen-bond acceptors (Lipinski definition) is 5. The predicted octanol–water partition coefficient (Wildman–Crippen LogP) is 3.93. The largest absolute Gasteiger partial charge is 0.355 e. The zero-order valence-corrected chi connectivity index (χ0v) is 16.5. The molecule has 0 bridgehead atoms. The van der Waals surface area contributed by atoms with Crippen LogP contribution in [0.1, 0.15) is 48.7 Å². The van der Waals surface area contributed by atoms with E-state index in [-0.39, 0.29) is 5.91 Å². The molecule has 3 heterocycles. The summed E-state index contributed by atoms with van der Waals surface area (Å²) in [4.78, 5) is 19.0. The second kappa shape index (κ2) is 7.89. The molecule has 0 atom stereocenters. The van der Waals surface area contributed by atoms with E-state index in [1.807, 2.05) is 17.0 Å². The van der Waals surface area contributed by atoms with Gasteiger partial charge in [0.15, 0.2) is 5.79 Å². The van der Waals surface area contributed by atoms with Gasteiger partial charge in [0.1, 0.15) is 5.69 Å². The Morgan fingerprint density at radius 1 is 1.07 bits per heavy atom. The summed E-state index contributed by atoms with van der Waals surface area (Å²) in [5, 5.41) is 3.36. The fraction of sp³-hybridized carbons (Fsp3) is 0.455. The maximum Gasteiger partial charge on any atom is 0.272 e. The molecule has 2 aliphatic heterocycles. The minimum absolute atomic E-state index is 0.0494. The van der Waals surface area contributed by atoms with Crippen molar-refractivity contribution in [3.8, 4) is 0 Å². The lowest BCUT2D eigenvalue weighted by molar-refractivity contribution is -0.181. The Morgan fingerprint density at radius 3 is 2.39 bits per heavy atom. The molecule has 1 spiro atoms. The van der Waals surface area contributed by atoms with Crippen molar-refractivity contribution >= 4 is 17.3 Å². The van der Waals surface area contributed by atoms with Crippen molar-refractivity contribution in [1.82, 2.24) is 9.88 Å². The molecule has 6 nitrogen and oxygen atoms in total. The van der Waals surface area contributed by atoms with Gasteiger partial charge in [-0.1, -0.05) is 26.0 Å². The zero-order valence-electron chi connectivity index (χ0n) is 16.5. The maximum atomic E-state index is 12.9. The summed E-state index contributed by atoms with van der Waals surface area (Å²) in [5.74, 6) is -0.0231. The first-order valence-electron chi connectivity index (χ1n) is 9.95. The van der Waals surface area contributed by atoms with Crippen molar-refractivity contribution in [3.05, 3.63) is 53.9 Å². The summed E-state index contributed by atoms with van der Waals surface area (Å²) in [6.07, 6.45) is 3.09. The van der Waals surface area contributed by atoms with Gasteiger partial charge in [-0.2, -0.15) is 0 Å². The molecule has 2 fully saturated rings. The first-order valence-corrected chi connectivity index (χ1v) is 9.95. The topological polar surface area (TPSA) is 63.7 Å². The number of piperidine rings is 1. The Balaban J connectivity index is 1.41. The number of aromatic nitrogens is 1. The number of likely N-dealkylation sites (tertiary alicyclic amines) is 1. The molecule has 2 aromatic rings. The molecule has 148 valence electrons. The molecule has 1 aromatic heterocycles. The number of ether oxygens (including phenoxy) is 2. The molecule has 0 unspecified atom stereocenters. The number of rotatable bonds is 4. The van der Waals surface area contributed by atoms with Gasteiger partial charge in [0, 0.05) is 43.5 Å². The van der Waals surface area contributed by atoms with Gasteiger partial charge < -0.3 is 19.7 Å². The number of amides is 1. The maximum absolute atomic E-state index is 12.9. The second-order valence-electron chi connectivity index (χ2n) is 7.73. The van der Waals surface area contributed by atoms with Crippen LogP contribution >= 0.6 is 0 Å². The van der Waals surface area contributed by atoms with E-state index in [4.69, 9.17) is 9.47 Å². The monoisotopic (exact) mass is 381 g/mol. The minimum Gasteiger partial charge on any atom is -0.355 e. The van der Waals surface area contributed by atoms with E-state index < -0.39 is 5.79 Å². The van der Waals surface area contributed by atoms with E-state index in [2.05, 4.69) is 48.4 Å².